The minimum Gasteiger partial charge on any atom is -0.313 e. The monoisotopic (exact) mass is 238 g/mol. The zero-order chi connectivity index (χ0) is 12.1. The molecule has 1 saturated heterocycles. The molecule has 0 amide bonds. The number of nitrogens with one attached hydrogen (secondary N) is 1. The van der Waals surface area contributed by atoms with E-state index in [0.717, 1.165) is 17.9 Å². The van der Waals surface area contributed by atoms with Crippen molar-refractivity contribution >= 4 is 0 Å². The second kappa shape index (κ2) is 6.75. The van der Waals surface area contributed by atoms with Crippen LogP contribution in [0.2, 0.25) is 0 Å². The van der Waals surface area contributed by atoms with E-state index in [-0.39, 0.29) is 0 Å². The minimum absolute atomic E-state index is 0.758. The quantitative estimate of drug-likeness (QED) is 0.765. The Morgan fingerprint density at radius 2 is 1.94 bits per heavy atom. The molecular formula is C15H30N2. The number of hydrogen-bond donors (Lipinski definition) is 1. The second-order valence-corrected chi connectivity index (χ2v) is 6.18. The van der Waals surface area contributed by atoms with E-state index in [1.54, 1.807) is 0 Å². The van der Waals surface area contributed by atoms with Gasteiger partial charge in [0.1, 0.15) is 0 Å². The van der Waals surface area contributed by atoms with Crippen LogP contribution in [-0.4, -0.2) is 37.1 Å². The van der Waals surface area contributed by atoms with Gasteiger partial charge in [-0.25, -0.2) is 0 Å². The van der Waals surface area contributed by atoms with Crippen LogP contribution < -0.4 is 5.32 Å². The molecule has 1 saturated carbocycles. The lowest BCUT2D eigenvalue weighted by molar-refractivity contribution is 0.100. The Hall–Kier alpha value is -0.0800. The Balaban J connectivity index is 1.78. The summed E-state index contributed by atoms with van der Waals surface area (Å²) in [6.07, 6.45) is 8.47. The van der Waals surface area contributed by atoms with E-state index in [0.29, 0.717) is 0 Å². The molecule has 0 bridgehead atoms. The van der Waals surface area contributed by atoms with Crippen LogP contribution in [0.25, 0.3) is 0 Å². The number of hydrogen-bond acceptors (Lipinski definition) is 2. The molecule has 2 unspecified atom stereocenters. The maximum Gasteiger partial charge on any atom is 0.0198 e. The molecule has 1 aliphatic heterocycles. The third-order valence-corrected chi connectivity index (χ3v) is 4.61. The predicted octanol–water partition coefficient (Wildman–Crippen LogP) is 2.89. The van der Waals surface area contributed by atoms with Crippen molar-refractivity contribution in [2.75, 3.05) is 26.2 Å². The third-order valence-electron chi connectivity index (χ3n) is 4.61. The lowest BCUT2D eigenvalue weighted by Gasteiger charge is -2.41. The number of rotatable bonds is 6. The largest absolute Gasteiger partial charge is 0.313 e. The van der Waals surface area contributed by atoms with Gasteiger partial charge in [0.2, 0.25) is 0 Å². The molecule has 1 heterocycles. The molecule has 2 aliphatic rings. The van der Waals surface area contributed by atoms with E-state index in [9.17, 15) is 0 Å². The zero-order valence-corrected chi connectivity index (χ0v) is 11.8. The summed E-state index contributed by atoms with van der Waals surface area (Å²) in [5.41, 5.74) is 0. The van der Waals surface area contributed by atoms with Gasteiger partial charge in [-0.2, -0.15) is 0 Å². The molecule has 2 rings (SSSR count). The lowest BCUT2D eigenvalue weighted by Crippen LogP contribution is -2.50. The number of likely N-dealkylation sites (tertiary alicyclic amines) is 1. The fraction of sp³-hybridized carbons (Fsp3) is 1.00. The molecule has 0 aromatic heterocycles. The van der Waals surface area contributed by atoms with Crippen molar-refractivity contribution in [3.8, 4) is 0 Å². The molecule has 100 valence electrons. The molecule has 0 spiro atoms. The maximum atomic E-state index is 3.73. The van der Waals surface area contributed by atoms with Crippen molar-refractivity contribution in [3.63, 3.8) is 0 Å². The minimum atomic E-state index is 0.758. The van der Waals surface area contributed by atoms with Gasteiger partial charge in [-0.1, -0.05) is 26.7 Å². The van der Waals surface area contributed by atoms with Crippen molar-refractivity contribution in [2.24, 2.45) is 11.8 Å². The summed E-state index contributed by atoms with van der Waals surface area (Å²) in [7, 11) is 0. The van der Waals surface area contributed by atoms with Crippen LogP contribution in [-0.2, 0) is 0 Å². The van der Waals surface area contributed by atoms with Crippen LogP contribution in [0.5, 0.6) is 0 Å². The average Bonchev–Trinajstić information content (AvgIpc) is 2.31. The summed E-state index contributed by atoms with van der Waals surface area (Å²) < 4.78 is 0. The molecule has 1 N–H and O–H groups in total. The van der Waals surface area contributed by atoms with E-state index in [4.69, 9.17) is 0 Å². The topological polar surface area (TPSA) is 15.3 Å². The highest BCUT2D eigenvalue weighted by Crippen LogP contribution is 2.29. The fourth-order valence-electron chi connectivity index (χ4n) is 3.28. The summed E-state index contributed by atoms with van der Waals surface area (Å²) >= 11 is 0. The Morgan fingerprint density at radius 1 is 1.12 bits per heavy atom. The molecule has 2 fully saturated rings. The van der Waals surface area contributed by atoms with Gasteiger partial charge in [-0.3, -0.25) is 0 Å². The Kier molecular flexibility index (Phi) is 5.30. The summed E-state index contributed by atoms with van der Waals surface area (Å²) in [4.78, 5) is 2.74. The highest BCUT2D eigenvalue weighted by atomic mass is 15.2. The van der Waals surface area contributed by atoms with Crippen LogP contribution in [0.4, 0.5) is 0 Å². The van der Waals surface area contributed by atoms with E-state index in [2.05, 4.69) is 24.1 Å². The van der Waals surface area contributed by atoms with E-state index >= 15 is 0 Å². The second-order valence-electron chi connectivity index (χ2n) is 6.18. The van der Waals surface area contributed by atoms with Crippen LogP contribution in [0.15, 0.2) is 0 Å². The van der Waals surface area contributed by atoms with E-state index in [1.165, 1.54) is 64.7 Å². The molecule has 2 nitrogen and oxygen atoms in total. The molecule has 0 radical (unpaired) electrons. The Labute approximate surface area is 107 Å². The smallest absolute Gasteiger partial charge is 0.0198 e. The first-order valence-corrected chi connectivity index (χ1v) is 7.77. The number of nitrogens with zero attached hydrogens (tertiary/aromatic N) is 1. The first kappa shape index (κ1) is 13.4. The zero-order valence-electron chi connectivity index (χ0n) is 11.8. The predicted molar refractivity (Wildman–Crippen MR) is 74.3 cm³/mol. The van der Waals surface area contributed by atoms with Crippen molar-refractivity contribution < 1.29 is 0 Å². The maximum absolute atomic E-state index is 3.73. The van der Waals surface area contributed by atoms with Crippen molar-refractivity contribution in [1.82, 2.24) is 10.2 Å². The molecule has 2 heteroatoms. The standard InChI is InChI=1S/C15H30N2/c1-3-8-16-15-9-13(4-2)10-17(12-15)11-14-6-5-7-14/h13-16H,3-12H2,1-2H3. The Bertz CT molecular complexity index is 211. The molecule has 0 aromatic carbocycles. The normalized spacial score (nSPS) is 31.4. The summed E-state index contributed by atoms with van der Waals surface area (Å²) in [5, 5.41) is 3.73. The third kappa shape index (κ3) is 3.96. The van der Waals surface area contributed by atoms with Gasteiger partial charge in [-0.05, 0) is 44.1 Å². The van der Waals surface area contributed by atoms with Crippen molar-refractivity contribution in [2.45, 2.75) is 58.4 Å². The summed E-state index contributed by atoms with van der Waals surface area (Å²) in [6.45, 7) is 9.84. The SMILES string of the molecule is CCCNC1CC(CC)CN(CC2CCC2)C1. The lowest BCUT2D eigenvalue weighted by atomic mass is 9.83. The fourth-order valence-corrected chi connectivity index (χ4v) is 3.28. The highest BCUT2D eigenvalue weighted by Gasteiger charge is 2.28. The molecule has 17 heavy (non-hydrogen) atoms. The van der Waals surface area contributed by atoms with Crippen molar-refractivity contribution in [3.05, 3.63) is 0 Å². The van der Waals surface area contributed by atoms with Gasteiger partial charge < -0.3 is 10.2 Å². The van der Waals surface area contributed by atoms with Gasteiger partial charge in [0.15, 0.2) is 0 Å². The van der Waals surface area contributed by atoms with Gasteiger partial charge in [0.05, 0.1) is 0 Å². The van der Waals surface area contributed by atoms with Crippen LogP contribution in [0.3, 0.4) is 0 Å². The molecule has 2 atom stereocenters. The number of piperidine rings is 1. The van der Waals surface area contributed by atoms with E-state index in [1.807, 2.05) is 0 Å². The first-order valence-electron chi connectivity index (χ1n) is 7.77. The van der Waals surface area contributed by atoms with Gasteiger partial charge in [0.25, 0.3) is 0 Å². The first-order chi connectivity index (χ1) is 8.31. The summed E-state index contributed by atoms with van der Waals surface area (Å²) in [5.74, 6) is 1.95. The molecule has 0 aromatic rings. The van der Waals surface area contributed by atoms with Crippen LogP contribution in [0.1, 0.15) is 52.4 Å². The average molecular weight is 238 g/mol. The van der Waals surface area contributed by atoms with Crippen LogP contribution >= 0.6 is 0 Å². The van der Waals surface area contributed by atoms with Crippen molar-refractivity contribution in [1.29, 1.82) is 0 Å². The Morgan fingerprint density at radius 3 is 2.53 bits per heavy atom. The van der Waals surface area contributed by atoms with E-state index < -0.39 is 0 Å². The van der Waals surface area contributed by atoms with Gasteiger partial charge in [-0.15, -0.1) is 0 Å². The van der Waals surface area contributed by atoms with Gasteiger partial charge in [0, 0.05) is 25.7 Å². The van der Waals surface area contributed by atoms with Gasteiger partial charge >= 0.3 is 0 Å². The molecule has 1 aliphatic carbocycles. The molecular weight excluding hydrogens is 208 g/mol. The highest BCUT2D eigenvalue weighted by molar-refractivity contribution is 4.85. The summed E-state index contributed by atoms with van der Waals surface area (Å²) in [6, 6.07) is 0.758. The van der Waals surface area contributed by atoms with Crippen LogP contribution in [0, 0.1) is 11.8 Å².